The van der Waals surface area contributed by atoms with Gasteiger partial charge in [-0.25, -0.2) is 0 Å². The van der Waals surface area contributed by atoms with Crippen LogP contribution < -0.4 is 11.5 Å². The van der Waals surface area contributed by atoms with E-state index in [1.807, 2.05) is 0 Å². The maximum Gasteiger partial charge on any atom is 0.217 e. The van der Waals surface area contributed by atoms with Crippen LogP contribution in [0.2, 0.25) is 0 Å². The first-order valence-corrected chi connectivity index (χ1v) is 35.2. The van der Waals surface area contributed by atoms with E-state index >= 15 is 0 Å². The number of unbranched alkanes of at least 4 members (excludes halogenated alkanes) is 65. The summed E-state index contributed by atoms with van der Waals surface area (Å²) in [5, 5.41) is 0. The summed E-state index contributed by atoms with van der Waals surface area (Å²) < 4.78 is 0. The number of carbonyl (C=O) groups excluding carboxylic acids is 2. The SMILES string of the molecule is NC(=O)CCCCCCCCCCCCCCCCCCCCCCCCCCCCCCCCCCCCCCCCCCCCCCCCCCCCCCCCCCCCCCCCCCCCC(N)=O. The molecule has 0 fully saturated rings. The Morgan fingerprint density at radius 1 is 0.122 bits per heavy atom. The molecule has 74 heavy (non-hydrogen) atoms. The molecule has 0 aliphatic carbocycles. The van der Waals surface area contributed by atoms with Gasteiger partial charge in [0.1, 0.15) is 0 Å². The van der Waals surface area contributed by atoms with Crippen LogP contribution in [0.3, 0.4) is 0 Å². The van der Waals surface area contributed by atoms with Crippen LogP contribution in [0.25, 0.3) is 0 Å². The summed E-state index contributed by atoms with van der Waals surface area (Å²) >= 11 is 0. The van der Waals surface area contributed by atoms with Gasteiger partial charge in [0.15, 0.2) is 0 Å². The fourth-order valence-corrected chi connectivity index (χ4v) is 11.9. The summed E-state index contributed by atoms with van der Waals surface area (Å²) in [5.74, 6) is -0.293. The predicted octanol–water partition coefficient (Wildman–Crippen LogP) is 24.5. The van der Waals surface area contributed by atoms with Gasteiger partial charge in [-0.3, -0.25) is 9.59 Å². The number of rotatable bonds is 69. The van der Waals surface area contributed by atoms with Crippen LogP contribution in [-0.4, -0.2) is 11.8 Å². The minimum atomic E-state index is -0.146. The van der Waals surface area contributed by atoms with Crippen LogP contribution in [0, 0.1) is 0 Å². The van der Waals surface area contributed by atoms with Gasteiger partial charge in [-0.2, -0.15) is 0 Å². The first-order valence-electron chi connectivity index (χ1n) is 35.2. The van der Waals surface area contributed by atoms with Gasteiger partial charge in [0, 0.05) is 12.8 Å². The molecule has 4 nitrogen and oxygen atoms in total. The van der Waals surface area contributed by atoms with Gasteiger partial charge in [0.25, 0.3) is 0 Å². The van der Waals surface area contributed by atoms with Crippen molar-refractivity contribution in [2.24, 2.45) is 11.5 Å². The monoisotopic (exact) mass is 1040 g/mol. The Morgan fingerprint density at radius 2 is 0.176 bits per heavy atom. The zero-order valence-corrected chi connectivity index (χ0v) is 51.1. The van der Waals surface area contributed by atoms with Crippen LogP contribution in [0.15, 0.2) is 0 Å². The van der Waals surface area contributed by atoms with E-state index in [-0.39, 0.29) is 11.8 Å². The first kappa shape index (κ1) is 72.9. The van der Waals surface area contributed by atoms with Gasteiger partial charge < -0.3 is 11.5 Å². The van der Waals surface area contributed by atoms with Gasteiger partial charge in [0.2, 0.25) is 11.8 Å². The Balaban J connectivity index is 3.08. The topological polar surface area (TPSA) is 86.2 Å². The Hall–Kier alpha value is -1.06. The highest BCUT2D eigenvalue weighted by molar-refractivity contribution is 5.73. The van der Waals surface area contributed by atoms with Gasteiger partial charge in [-0.05, 0) is 12.8 Å². The third kappa shape index (κ3) is 70.9. The fourth-order valence-electron chi connectivity index (χ4n) is 11.9. The summed E-state index contributed by atoms with van der Waals surface area (Å²) in [6, 6.07) is 0. The van der Waals surface area contributed by atoms with E-state index in [9.17, 15) is 9.59 Å². The molecule has 0 bridgehead atoms. The summed E-state index contributed by atoms with van der Waals surface area (Å²) in [5.41, 5.74) is 10.4. The van der Waals surface area contributed by atoms with E-state index in [1.54, 1.807) is 0 Å². The largest absolute Gasteiger partial charge is 0.370 e. The van der Waals surface area contributed by atoms with Crippen molar-refractivity contribution < 1.29 is 9.59 Å². The van der Waals surface area contributed by atoms with Crippen LogP contribution in [0.1, 0.15) is 437 Å². The predicted molar refractivity (Wildman–Crippen MR) is 332 cm³/mol. The highest BCUT2D eigenvalue weighted by Crippen LogP contribution is 2.21. The standard InChI is InChI=1S/C70H140N2O2/c71-69(73)67-65-63-61-59-57-55-53-51-49-47-45-43-41-39-37-35-33-31-29-27-25-23-21-19-17-15-13-11-9-7-5-3-1-2-4-6-8-10-12-14-16-18-20-22-24-26-28-30-32-34-36-38-40-42-44-46-48-50-52-54-56-58-60-62-64-66-68-70(72)74/h1-68H2,(H2,71,73)(H2,72,74). The van der Waals surface area contributed by atoms with Crippen LogP contribution in [-0.2, 0) is 9.59 Å². The Labute approximate surface area is 467 Å². The fraction of sp³-hybridized carbons (Fsp3) is 0.971. The molecule has 2 amide bonds. The van der Waals surface area contributed by atoms with Crippen LogP contribution in [0.4, 0.5) is 0 Å². The lowest BCUT2D eigenvalue weighted by Gasteiger charge is -2.05. The summed E-state index contributed by atoms with van der Waals surface area (Å²) in [7, 11) is 0. The number of hydrogen-bond donors (Lipinski definition) is 2. The average molecular weight is 1040 g/mol. The summed E-state index contributed by atoms with van der Waals surface area (Å²) in [6.45, 7) is 0. The van der Waals surface area contributed by atoms with E-state index in [2.05, 4.69) is 0 Å². The molecule has 0 aromatic rings. The number of primary amides is 2. The Bertz CT molecular complexity index is 950. The first-order chi connectivity index (χ1) is 36.6. The van der Waals surface area contributed by atoms with Crippen molar-refractivity contribution in [2.45, 2.75) is 437 Å². The van der Waals surface area contributed by atoms with Crippen LogP contribution in [0.5, 0.6) is 0 Å². The van der Waals surface area contributed by atoms with Gasteiger partial charge in [-0.1, -0.05) is 411 Å². The highest BCUT2D eigenvalue weighted by atomic mass is 16.1. The highest BCUT2D eigenvalue weighted by Gasteiger charge is 2.02. The Kier molecular flexibility index (Phi) is 67.1. The average Bonchev–Trinajstić information content (AvgIpc) is 3.39. The molecule has 0 aliphatic rings. The smallest absolute Gasteiger partial charge is 0.217 e. The molecular formula is C70H140N2O2. The third-order valence-electron chi connectivity index (χ3n) is 17.1. The molecule has 0 heterocycles. The maximum atomic E-state index is 10.8. The van der Waals surface area contributed by atoms with E-state index in [1.165, 1.54) is 411 Å². The molecule has 0 unspecified atom stereocenters. The maximum absolute atomic E-state index is 10.8. The van der Waals surface area contributed by atoms with E-state index < -0.39 is 0 Å². The number of amides is 2. The number of carbonyl (C=O) groups is 2. The van der Waals surface area contributed by atoms with Crippen molar-refractivity contribution in [1.29, 1.82) is 0 Å². The van der Waals surface area contributed by atoms with E-state index in [4.69, 9.17) is 11.5 Å². The minimum Gasteiger partial charge on any atom is -0.370 e. The normalized spacial score (nSPS) is 11.6. The molecule has 0 saturated heterocycles. The van der Waals surface area contributed by atoms with Gasteiger partial charge in [-0.15, -0.1) is 0 Å². The lowest BCUT2D eigenvalue weighted by Crippen LogP contribution is -2.09. The van der Waals surface area contributed by atoms with Crippen molar-refractivity contribution >= 4 is 11.8 Å². The van der Waals surface area contributed by atoms with Crippen molar-refractivity contribution in [3.05, 3.63) is 0 Å². The second-order valence-corrected chi connectivity index (χ2v) is 24.8. The third-order valence-corrected chi connectivity index (χ3v) is 17.1. The molecule has 4 heteroatoms. The van der Waals surface area contributed by atoms with Gasteiger partial charge >= 0.3 is 0 Å². The molecule has 0 spiro atoms. The molecule has 442 valence electrons. The van der Waals surface area contributed by atoms with Crippen molar-refractivity contribution in [3.63, 3.8) is 0 Å². The molecule has 0 aromatic carbocycles. The number of hydrogen-bond acceptors (Lipinski definition) is 2. The lowest BCUT2D eigenvalue weighted by atomic mass is 10.0. The molecule has 0 saturated carbocycles. The molecule has 0 radical (unpaired) electrons. The molecular weight excluding hydrogens is 901 g/mol. The van der Waals surface area contributed by atoms with Crippen molar-refractivity contribution in [1.82, 2.24) is 0 Å². The second-order valence-electron chi connectivity index (χ2n) is 24.8. The van der Waals surface area contributed by atoms with E-state index in [0.29, 0.717) is 12.8 Å². The number of nitrogens with two attached hydrogens (primary N) is 2. The molecule has 0 rings (SSSR count). The molecule has 0 atom stereocenters. The van der Waals surface area contributed by atoms with Gasteiger partial charge in [0.05, 0.1) is 0 Å². The molecule has 4 N–H and O–H groups in total. The summed E-state index contributed by atoms with van der Waals surface area (Å²) in [6.07, 6.45) is 95.7. The Morgan fingerprint density at radius 3 is 0.230 bits per heavy atom. The van der Waals surface area contributed by atoms with E-state index in [0.717, 1.165) is 12.8 Å². The lowest BCUT2D eigenvalue weighted by molar-refractivity contribution is -0.119. The zero-order valence-electron chi connectivity index (χ0n) is 51.1. The van der Waals surface area contributed by atoms with Crippen molar-refractivity contribution in [3.8, 4) is 0 Å². The van der Waals surface area contributed by atoms with Crippen LogP contribution >= 0.6 is 0 Å². The zero-order chi connectivity index (χ0) is 53.2. The molecule has 0 aromatic heterocycles. The minimum absolute atomic E-state index is 0.146. The summed E-state index contributed by atoms with van der Waals surface area (Å²) in [4.78, 5) is 21.5. The quantitative estimate of drug-likeness (QED) is 0.0595. The molecule has 0 aliphatic heterocycles. The second kappa shape index (κ2) is 68.0. The van der Waals surface area contributed by atoms with Crippen molar-refractivity contribution in [2.75, 3.05) is 0 Å².